The van der Waals surface area contributed by atoms with Crippen LogP contribution >= 0.6 is 0 Å². The summed E-state index contributed by atoms with van der Waals surface area (Å²) in [6.07, 6.45) is 7.47. The second-order valence-corrected chi connectivity index (χ2v) is 9.65. The number of nitrogens with zero attached hydrogens (tertiary/aromatic N) is 7. The van der Waals surface area contributed by atoms with Gasteiger partial charge in [-0.2, -0.15) is 5.10 Å². The van der Waals surface area contributed by atoms with E-state index in [9.17, 15) is 4.79 Å². The first-order valence-electron chi connectivity index (χ1n) is 12.2. The number of aromatic nitrogens is 5. The largest absolute Gasteiger partial charge is 0.354 e. The number of piperazine rings is 1. The lowest BCUT2D eigenvalue weighted by molar-refractivity contribution is 0.0992. The van der Waals surface area contributed by atoms with Crippen molar-refractivity contribution < 1.29 is 4.79 Å². The van der Waals surface area contributed by atoms with Gasteiger partial charge in [0.1, 0.15) is 5.82 Å². The molecule has 180 valence electrons. The number of aryl methyl sites for hydroxylation is 1. The summed E-state index contributed by atoms with van der Waals surface area (Å²) in [5, 5.41) is 5.17. The molecule has 0 saturated carbocycles. The quantitative estimate of drug-likeness (QED) is 0.382. The molecule has 8 nitrogen and oxygen atoms in total. The summed E-state index contributed by atoms with van der Waals surface area (Å²) in [7, 11) is 1.88. The van der Waals surface area contributed by atoms with E-state index in [1.807, 2.05) is 37.5 Å². The van der Waals surface area contributed by atoms with Crippen molar-refractivity contribution in [1.29, 1.82) is 0 Å². The van der Waals surface area contributed by atoms with Gasteiger partial charge < -0.3 is 4.90 Å². The van der Waals surface area contributed by atoms with Crippen molar-refractivity contribution in [2.45, 2.75) is 20.3 Å². The fourth-order valence-corrected chi connectivity index (χ4v) is 4.58. The standard InChI is InChI=1S/C27H31N7O/c1-19(2)17-33-8-10-34(11-9-33)27-12-20(6-7-28-27)26(35)14-23-13-25-21(15-29-23)4-5-24(31-25)22-16-30-32(3)18-22/h4-7,12-13,15-16,18-19H,8-11,14,17H2,1-3H3. The molecule has 0 radical (unpaired) electrons. The molecule has 1 saturated heterocycles. The summed E-state index contributed by atoms with van der Waals surface area (Å²) >= 11 is 0. The predicted molar refractivity (Wildman–Crippen MR) is 138 cm³/mol. The molecule has 1 aliphatic rings. The van der Waals surface area contributed by atoms with Crippen molar-refractivity contribution in [3.05, 3.63) is 66.4 Å². The average molecular weight is 470 g/mol. The minimum Gasteiger partial charge on any atom is -0.354 e. The summed E-state index contributed by atoms with van der Waals surface area (Å²) in [5.74, 6) is 1.57. The molecule has 0 amide bonds. The number of anilines is 1. The Morgan fingerprint density at radius 2 is 1.86 bits per heavy atom. The van der Waals surface area contributed by atoms with Gasteiger partial charge in [-0.05, 0) is 36.2 Å². The number of carbonyl (C=O) groups is 1. The molecule has 1 aliphatic heterocycles. The van der Waals surface area contributed by atoms with Gasteiger partial charge in [0.05, 0.1) is 29.5 Å². The van der Waals surface area contributed by atoms with Crippen molar-refractivity contribution in [3.8, 4) is 11.3 Å². The Labute approximate surface area is 205 Å². The van der Waals surface area contributed by atoms with Gasteiger partial charge in [-0.25, -0.2) is 9.97 Å². The molecular weight excluding hydrogens is 438 g/mol. The minimum atomic E-state index is 0.0300. The van der Waals surface area contributed by atoms with Gasteiger partial charge in [-0.3, -0.25) is 19.4 Å². The van der Waals surface area contributed by atoms with Gasteiger partial charge in [-0.15, -0.1) is 0 Å². The lowest BCUT2D eigenvalue weighted by atomic mass is 10.1. The first-order chi connectivity index (χ1) is 16.9. The molecule has 0 bridgehead atoms. The number of pyridine rings is 3. The molecule has 5 rings (SSSR count). The maximum absolute atomic E-state index is 13.1. The molecule has 35 heavy (non-hydrogen) atoms. The van der Waals surface area contributed by atoms with Crippen LogP contribution in [0, 0.1) is 5.92 Å². The SMILES string of the molecule is CC(C)CN1CCN(c2cc(C(=O)Cc3cc4nc(-c5cnn(C)c5)ccc4cn3)ccn2)CC1. The van der Waals surface area contributed by atoms with E-state index in [0.717, 1.165) is 60.7 Å². The monoisotopic (exact) mass is 469 g/mol. The van der Waals surface area contributed by atoms with Crippen LogP contribution in [-0.2, 0) is 13.5 Å². The number of ketones is 1. The van der Waals surface area contributed by atoms with E-state index in [0.29, 0.717) is 17.2 Å². The molecule has 0 aliphatic carbocycles. The van der Waals surface area contributed by atoms with Crippen LogP contribution in [0.4, 0.5) is 5.82 Å². The number of hydrogen-bond acceptors (Lipinski definition) is 7. The van der Waals surface area contributed by atoms with Crippen LogP contribution < -0.4 is 4.90 Å². The van der Waals surface area contributed by atoms with Gasteiger partial charge in [0.25, 0.3) is 0 Å². The predicted octanol–water partition coefficient (Wildman–Crippen LogP) is 3.63. The zero-order chi connectivity index (χ0) is 24.4. The van der Waals surface area contributed by atoms with Gasteiger partial charge in [-0.1, -0.05) is 13.8 Å². The normalized spacial score (nSPS) is 14.7. The van der Waals surface area contributed by atoms with Crippen LogP contribution in [0.5, 0.6) is 0 Å². The Balaban J connectivity index is 1.29. The number of carbonyl (C=O) groups excluding carboxylic acids is 1. The number of hydrogen-bond donors (Lipinski definition) is 0. The maximum atomic E-state index is 13.1. The van der Waals surface area contributed by atoms with E-state index < -0.39 is 0 Å². The van der Waals surface area contributed by atoms with Crippen molar-refractivity contribution in [3.63, 3.8) is 0 Å². The first-order valence-corrected chi connectivity index (χ1v) is 12.2. The van der Waals surface area contributed by atoms with Crippen LogP contribution in [0.15, 0.2) is 55.1 Å². The maximum Gasteiger partial charge on any atom is 0.169 e. The third-order valence-corrected chi connectivity index (χ3v) is 6.36. The summed E-state index contributed by atoms with van der Waals surface area (Å²) in [5.41, 5.74) is 4.00. The Kier molecular flexibility index (Phi) is 6.55. The Morgan fingerprint density at radius 3 is 2.60 bits per heavy atom. The Morgan fingerprint density at radius 1 is 1.03 bits per heavy atom. The summed E-state index contributed by atoms with van der Waals surface area (Å²) < 4.78 is 1.76. The smallest absolute Gasteiger partial charge is 0.169 e. The second kappa shape index (κ2) is 9.92. The average Bonchev–Trinajstić information content (AvgIpc) is 3.30. The van der Waals surface area contributed by atoms with E-state index in [-0.39, 0.29) is 12.2 Å². The second-order valence-electron chi connectivity index (χ2n) is 9.65. The molecule has 8 heteroatoms. The van der Waals surface area contributed by atoms with Gasteiger partial charge in [0.15, 0.2) is 5.78 Å². The molecule has 0 spiro atoms. The van der Waals surface area contributed by atoms with Crippen molar-refractivity contribution in [1.82, 2.24) is 29.6 Å². The van der Waals surface area contributed by atoms with Crippen LogP contribution in [0.1, 0.15) is 29.9 Å². The highest BCUT2D eigenvalue weighted by atomic mass is 16.1. The summed E-state index contributed by atoms with van der Waals surface area (Å²) in [4.78, 5) is 31.7. The summed E-state index contributed by atoms with van der Waals surface area (Å²) in [6.45, 7) is 9.52. The Hall–Kier alpha value is -3.65. The van der Waals surface area contributed by atoms with Gasteiger partial charge in [0.2, 0.25) is 0 Å². The minimum absolute atomic E-state index is 0.0300. The highest BCUT2D eigenvalue weighted by molar-refractivity contribution is 5.98. The van der Waals surface area contributed by atoms with Crippen molar-refractivity contribution in [2.75, 3.05) is 37.6 Å². The van der Waals surface area contributed by atoms with E-state index in [4.69, 9.17) is 4.98 Å². The third-order valence-electron chi connectivity index (χ3n) is 6.36. The zero-order valence-corrected chi connectivity index (χ0v) is 20.6. The fraction of sp³-hybridized carbons (Fsp3) is 0.370. The topological polar surface area (TPSA) is 80.0 Å². The van der Waals surface area contributed by atoms with E-state index in [1.165, 1.54) is 0 Å². The highest BCUT2D eigenvalue weighted by Gasteiger charge is 2.20. The molecule has 4 aromatic heterocycles. The lowest BCUT2D eigenvalue weighted by Crippen LogP contribution is -2.47. The van der Waals surface area contributed by atoms with Crippen molar-refractivity contribution >= 4 is 22.5 Å². The molecule has 4 aromatic rings. The molecule has 0 atom stereocenters. The Bertz CT molecular complexity index is 1340. The number of Topliss-reactive ketones (excluding diaryl/α,β-unsaturated/α-hetero) is 1. The zero-order valence-electron chi connectivity index (χ0n) is 20.6. The molecular formula is C27H31N7O. The van der Waals surface area contributed by atoms with Crippen LogP contribution in [0.25, 0.3) is 22.2 Å². The van der Waals surface area contributed by atoms with Crippen LogP contribution in [0.2, 0.25) is 0 Å². The highest BCUT2D eigenvalue weighted by Crippen LogP contribution is 2.22. The number of fused-ring (bicyclic) bond motifs is 1. The molecule has 0 unspecified atom stereocenters. The fourth-order valence-electron chi connectivity index (χ4n) is 4.58. The van der Waals surface area contributed by atoms with E-state index in [2.05, 4.69) is 38.7 Å². The van der Waals surface area contributed by atoms with Crippen molar-refractivity contribution in [2.24, 2.45) is 13.0 Å². The molecule has 0 N–H and O–H groups in total. The molecule has 0 aromatic carbocycles. The third kappa shape index (κ3) is 5.38. The lowest BCUT2D eigenvalue weighted by Gasteiger charge is -2.36. The van der Waals surface area contributed by atoms with E-state index >= 15 is 0 Å². The van der Waals surface area contributed by atoms with Crippen LogP contribution in [-0.4, -0.2) is 68.1 Å². The van der Waals surface area contributed by atoms with Gasteiger partial charge >= 0.3 is 0 Å². The van der Waals surface area contributed by atoms with Gasteiger partial charge in [0, 0.05) is 74.9 Å². The summed E-state index contributed by atoms with van der Waals surface area (Å²) in [6, 6.07) is 9.58. The first kappa shape index (κ1) is 23.1. The number of rotatable bonds is 7. The van der Waals surface area contributed by atoms with Crippen LogP contribution in [0.3, 0.4) is 0 Å². The molecule has 1 fully saturated rings. The van der Waals surface area contributed by atoms with E-state index in [1.54, 1.807) is 29.3 Å². The molecule has 5 heterocycles.